The Hall–Kier alpha value is -1.10. The van der Waals surface area contributed by atoms with Gasteiger partial charge in [0.15, 0.2) is 5.13 Å². The molecular weight excluding hydrogens is 222 g/mol. The number of hydrogen-bond acceptors (Lipinski definition) is 4. The fraction of sp³-hybridized carbons (Fsp3) is 0.636. The molecule has 4 nitrogen and oxygen atoms in total. The van der Waals surface area contributed by atoms with Gasteiger partial charge in [0.25, 0.3) is 0 Å². The van der Waals surface area contributed by atoms with Crippen molar-refractivity contribution in [3.05, 3.63) is 11.1 Å². The van der Waals surface area contributed by atoms with E-state index < -0.39 is 0 Å². The van der Waals surface area contributed by atoms with Crippen molar-refractivity contribution in [3.63, 3.8) is 0 Å². The maximum absolute atomic E-state index is 12.0. The Morgan fingerprint density at radius 2 is 2.19 bits per heavy atom. The first kappa shape index (κ1) is 13.0. The fourth-order valence-electron chi connectivity index (χ4n) is 1.48. The van der Waals surface area contributed by atoms with Gasteiger partial charge >= 0.3 is 0 Å². The molecule has 1 rings (SSSR count). The second kappa shape index (κ2) is 5.84. The van der Waals surface area contributed by atoms with E-state index >= 15 is 0 Å². The highest BCUT2D eigenvalue weighted by Gasteiger charge is 2.18. The molecule has 0 aliphatic carbocycles. The standard InChI is InChI=1S/C11H19N3OS/c1-5-14(6-2)10(15)9(4)13-11-12-8(3)7-16-11/h7,9H,5-6H2,1-4H3,(H,12,13). The lowest BCUT2D eigenvalue weighted by Gasteiger charge is -2.23. The predicted octanol–water partition coefficient (Wildman–Crippen LogP) is 2.12. The lowest BCUT2D eigenvalue weighted by molar-refractivity contribution is -0.131. The van der Waals surface area contributed by atoms with Crippen molar-refractivity contribution in [2.24, 2.45) is 0 Å². The van der Waals surface area contributed by atoms with Crippen LogP contribution in [0.5, 0.6) is 0 Å². The molecule has 1 unspecified atom stereocenters. The summed E-state index contributed by atoms with van der Waals surface area (Å²) in [6.45, 7) is 9.29. The van der Waals surface area contributed by atoms with Gasteiger partial charge in [0.1, 0.15) is 6.04 Å². The SMILES string of the molecule is CCN(CC)C(=O)C(C)Nc1nc(C)cs1. The van der Waals surface area contributed by atoms with E-state index in [1.807, 2.05) is 38.0 Å². The Kier molecular flexibility index (Phi) is 4.73. The zero-order valence-electron chi connectivity index (χ0n) is 10.3. The average molecular weight is 241 g/mol. The van der Waals surface area contributed by atoms with Crippen molar-refractivity contribution < 1.29 is 4.79 Å². The highest BCUT2D eigenvalue weighted by Crippen LogP contribution is 2.15. The minimum atomic E-state index is -0.217. The van der Waals surface area contributed by atoms with Crippen LogP contribution in [0.2, 0.25) is 0 Å². The van der Waals surface area contributed by atoms with Crippen molar-refractivity contribution >= 4 is 22.4 Å². The van der Waals surface area contributed by atoms with Gasteiger partial charge in [0, 0.05) is 18.5 Å². The predicted molar refractivity (Wildman–Crippen MR) is 67.9 cm³/mol. The largest absolute Gasteiger partial charge is 0.350 e. The van der Waals surface area contributed by atoms with E-state index in [4.69, 9.17) is 0 Å². The topological polar surface area (TPSA) is 45.2 Å². The summed E-state index contributed by atoms with van der Waals surface area (Å²) in [5.41, 5.74) is 0.981. The van der Waals surface area contributed by atoms with Gasteiger partial charge < -0.3 is 10.2 Å². The summed E-state index contributed by atoms with van der Waals surface area (Å²) < 4.78 is 0. The average Bonchev–Trinajstić information content (AvgIpc) is 2.65. The van der Waals surface area contributed by atoms with E-state index in [0.29, 0.717) is 0 Å². The van der Waals surface area contributed by atoms with Crippen molar-refractivity contribution in [2.45, 2.75) is 33.7 Å². The number of rotatable bonds is 5. The highest BCUT2D eigenvalue weighted by atomic mass is 32.1. The van der Waals surface area contributed by atoms with E-state index in [2.05, 4.69) is 10.3 Å². The van der Waals surface area contributed by atoms with Gasteiger partial charge in [-0.3, -0.25) is 4.79 Å². The molecule has 0 radical (unpaired) electrons. The van der Waals surface area contributed by atoms with Crippen molar-refractivity contribution in [1.29, 1.82) is 0 Å². The summed E-state index contributed by atoms with van der Waals surface area (Å²) in [7, 11) is 0. The quantitative estimate of drug-likeness (QED) is 0.859. The van der Waals surface area contributed by atoms with Crippen LogP contribution in [0.25, 0.3) is 0 Å². The first-order chi connectivity index (χ1) is 7.58. The second-order valence-electron chi connectivity index (χ2n) is 3.67. The molecule has 90 valence electrons. The zero-order chi connectivity index (χ0) is 12.1. The van der Waals surface area contributed by atoms with Gasteiger partial charge in [0.2, 0.25) is 5.91 Å². The lowest BCUT2D eigenvalue weighted by Crippen LogP contribution is -2.41. The van der Waals surface area contributed by atoms with E-state index in [0.717, 1.165) is 23.9 Å². The highest BCUT2D eigenvalue weighted by molar-refractivity contribution is 7.13. The molecule has 1 aromatic rings. The first-order valence-corrected chi connectivity index (χ1v) is 6.43. The van der Waals surface area contributed by atoms with Crippen molar-refractivity contribution in [3.8, 4) is 0 Å². The molecule has 0 saturated heterocycles. The van der Waals surface area contributed by atoms with Gasteiger partial charge in [-0.25, -0.2) is 4.98 Å². The molecule has 5 heteroatoms. The maximum Gasteiger partial charge on any atom is 0.244 e. The Balaban J connectivity index is 2.57. The van der Waals surface area contributed by atoms with Crippen LogP contribution in [0.1, 0.15) is 26.5 Å². The van der Waals surface area contributed by atoms with Crippen LogP contribution in [0.4, 0.5) is 5.13 Å². The van der Waals surface area contributed by atoms with Crippen LogP contribution in [0.3, 0.4) is 0 Å². The number of thiazole rings is 1. The molecule has 1 aromatic heterocycles. The van der Waals surface area contributed by atoms with Gasteiger partial charge in [-0.1, -0.05) is 0 Å². The van der Waals surface area contributed by atoms with Gasteiger partial charge in [-0.15, -0.1) is 11.3 Å². The molecule has 0 aliphatic rings. The number of hydrogen-bond donors (Lipinski definition) is 1. The van der Waals surface area contributed by atoms with Crippen LogP contribution in [-0.2, 0) is 4.79 Å². The molecule has 1 atom stereocenters. The van der Waals surface area contributed by atoms with Crippen LogP contribution in [0, 0.1) is 6.92 Å². The summed E-state index contributed by atoms with van der Waals surface area (Å²) in [6, 6.07) is -0.217. The van der Waals surface area contributed by atoms with Crippen LogP contribution in [-0.4, -0.2) is 34.9 Å². The molecule has 0 saturated carbocycles. The van der Waals surface area contributed by atoms with Gasteiger partial charge in [-0.2, -0.15) is 0 Å². The molecule has 0 bridgehead atoms. The number of nitrogens with zero attached hydrogens (tertiary/aromatic N) is 2. The Bertz CT molecular complexity index is 347. The molecule has 1 heterocycles. The number of amides is 1. The number of aromatic nitrogens is 1. The number of nitrogens with one attached hydrogen (secondary N) is 1. The molecule has 0 aromatic carbocycles. The molecule has 1 N–H and O–H groups in total. The first-order valence-electron chi connectivity index (χ1n) is 5.55. The van der Waals surface area contributed by atoms with Crippen LogP contribution in [0.15, 0.2) is 5.38 Å². The Morgan fingerprint density at radius 3 is 2.62 bits per heavy atom. The number of aryl methyl sites for hydroxylation is 1. The van der Waals surface area contributed by atoms with Crippen LogP contribution >= 0.6 is 11.3 Å². The second-order valence-corrected chi connectivity index (χ2v) is 4.53. The Labute approximate surface area is 101 Å². The molecule has 0 aliphatic heterocycles. The third-order valence-corrected chi connectivity index (χ3v) is 3.30. The van der Waals surface area contributed by atoms with Gasteiger partial charge in [-0.05, 0) is 27.7 Å². The fourth-order valence-corrected chi connectivity index (χ4v) is 2.25. The molecule has 0 spiro atoms. The third-order valence-electron chi connectivity index (χ3n) is 2.40. The molecule has 0 fully saturated rings. The summed E-state index contributed by atoms with van der Waals surface area (Å²) in [5, 5.41) is 5.91. The van der Waals surface area contributed by atoms with Crippen molar-refractivity contribution in [1.82, 2.24) is 9.88 Å². The third kappa shape index (κ3) is 3.20. The molecule has 1 amide bonds. The molecule has 16 heavy (non-hydrogen) atoms. The van der Waals surface area contributed by atoms with E-state index in [1.165, 1.54) is 11.3 Å². The molecular formula is C11H19N3OS. The number of carbonyl (C=O) groups is 1. The Morgan fingerprint density at radius 1 is 1.56 bits per heavy atom. The van der Waals surface area contributed by atoms with Crippen molar-refractivity contribution in [2.75, 3.05) is 18.4 Å². The monoisotopic (exact) mass is 241 g/mol. The van der Waals surface area contributed by atoms with Crippen LogP contribution < -0.4 is 5.32 Å². The number of likely N-dealkylation sites (N-methyl/N-ethyl adjacent to an activating group) is 1. The van der Waals surface area contributed by atoms with E-state index in [9.17, 15) is 4.79 Å². The summed E-state index contributed by atoms with van der Waals surface area (Å²) in [5.74, 6) is 0.123. The summed E-state index contributed by atoms with van der Waals surface area (Å²) in [6.07, 6.45) is 0. The maximum atomic E-state index is 12.0. The zero-order valence-corrected chi connectivity index (χ0v) is 11.1. The smallest absolute Gasteiger partial charge is 0.244 e. The minimum absolute atomic E-state index is 0.123. The summed E-state index contributed by atoms with van der Waals surface area (Å²) >= 11 is 1.53. The normalized spacial score (nSPS) is 12.2. The minimum Gasteiger partial charge on any atom is -0.350 e. The lowest BCUT2D eigenvalue weighted by atomic mass is 10.3. The summed E-state index contributed by atoms with van der Waals surface area (Å²) in [4.78, 5) is 18.1. The van der Waals surface area contributed by atoms with E-state index in [-0.39, 0.29) is 11.9 Å². The number of anilines is 1. The van der Waals surface area contributed by atoms with Gasteiger partial charge in [0.05, 0.1) is 5.69 Å². The van der Waals surface area contributed by atoms with E-state index in [1.54, 1.807) is 0 Å². The number of carbonyl (C=O) groups excluding carboxylic acids is 1.